The fourth-order valence-corrected chi connectivity index (χ4v) is 2.31. The molecule has 2 rings (SSSR count). The van der Waals surface area contributed by atoms with Crippen LogP contribution in [0, 0.1) is 6.92 Å². The summed E-state index contributed by atoms with van der Waals surface area (Å²) in [5, 5.41) is -0.375. The van der Waals surface area contributed by atoms with E-state index in [9.17, 15) is 9.59 Å². The summed E-state index contributed by atoms with van der Waals surface area (Å²) in [4.78, 5) is 23.0. The molecule has 4 heteroatoms. The molecule has 1 aromatic rings. The molecule has 0 radical (unpaired) electrons. The first-order valence-electron chi connectivity index (χ1n) is 4.63. The highest BCUT2D eigenvalue weighted by Crippen LogP contribution is 2.29. The van der Waals surface area contributed by atoms with Gasteiger partial charge in [0.15, 0.2) is 0 Å². The smallest absolute Gasteiger partial charge is 0.327 e. The van der Waals surface area contributed by atoms with Gasteiger partial charge in [0.1, 0.15) is 5.25 Å². The van der Waals surface area contributed by atoms with Crippen LogP contribution < -0.4 is 0 Å². The topological polar surface area (TPSA) is 43.4 Å². The van der Waals surface area contributed by atoms with Crippen LogP contribution in [0.25, 0.3) is 0 Å². The maximum atomic E-state index is 11.2. The molecule has 0 aromatic heterocycles. The molecule has 0 amide bonds. The Morgan fingerprint density at radius 3 is 2.47 bits per heavy atom. The first-order valence-corrected chi connectivity index (χ1v) is 5.51. The number of benzene rings is 1. The number of aryl methyl sites for hydroxylation is 1. The molecule has 0 unspecified atom stereocenters. The number of esters is 2. The van der Waals surface area contributed by atoms with Crippen molar-refractivity contribution >= 4 is 23.7 Å². The van der Waals surface area contributed by atoms with E-state index in [0.29, 0.717) is 0 Å². The van der Waals surface area contributed by atoms with Crippen molar-refractivity contribution in [3.8, 4) is 0 Å². The van der Waals surface area contributed by atoms with Crippen LogP contribution in [0.4, 0.5) is 0 Å². The van der Waals surface area contributed by atoms with Gasteiger partial charge in [0.2, 0.25) is 0 Å². The zero-order valence-corrected chi connectivity index (χ0v) is 9.04. The maximum Gasteiger partial charge on any atom is 0.327 e. The van der Waals surface area contributed by atoms with E-state index < -0.39 is 11.9 Å². The molecular formula is C11H10O3S. The molecule has 1 saturated heterocycles. The molecule has 3 nitrogen and oxygen atoms in total. The van der Waals surface area contributed by atoms with E-state index in [1.807, 2.05) is 31.2 Å². The Hall–Kier alpha value is -1.29. The van der Waals surface area contributed by atoms with Gasteiger partial charge in [-0.2, -0.15) is 0 Å². The first-order chi connectivity index (χ1) is 7.15. The summed E-state index contributed by atoms with van der Waals surface area (Å²) in [6.07, 6.45) is 0.178. The van der Waals surface area contributed by atoms with Crippen LogP contribution in [0.1, 0.15) is 12.0 Å². The predicted octanol–water partition coefficient (Wildman–Crippen LogP) is 1.93. The molecule has 15 heavy (non-hydrogen) atoms. The van der Waals surface area contributed by atoms with Crippen molar-refractivity contribution in [1.82, 2.24) is 0 Å². The summed E-state index contributed by atoms with van der Waals surface area (Å²) < 4.78 is 4.47. The minimum atomic E-state index is -0.426. The molecule has 1 aliphatic heterocycles. The van der Waals surface area contributed by atoms with E-state index in [4.69, 9.17) is 0 Å². The van der Waals surface area contributed by atoms with E-state index in [-0.39, 0.29) is 11.7 Å². The van der Waals surface area contributed by atoms with Crippen molar-refractivity contribution in [3.05, 3.63) is 29.8 Å². The third-order valence-corrected chi connectivity index (χ3v) is 3.32. The minimum Gasteiger partial charge on any atom is -0.392 e. The standard InChI is InChI=1S/C11H10O3S/c1-7-2-4-8(5-3-7)15-9-6-10(12)14-11(9)13/h2-5,9H,6H2,1H3/t9-/m1/s1. The molecule has 1 heterocycles. The van der Waals surface area contributed by atoms with Gasteiger partial charge in [0, 0.05) is 4.90 Å². The van der Waals surface area contributed by atoms with Crippen molar-refractivity contribution < 1.29 is 14.3 Å². The summed E-state index contributed by atoms with van der Waals surface area (Å²) in [6.45, 7) is 2.00. The lowest BCUT2D eigenvalue weighted by molar-refractivity contribution is -0.151. The van der Waals surface area contributed by atoms with Crippen molar-refractivity contribution in [2.24, 2.45) is 0 Å². The Bertz CT molecular complexity index is 397. The number of hydrogen-bond acceptors (Lipinski definition) is 4. The number of ether oxygens (including phenoxy) is 1. The Morgan fingerprint density at radius 2 is 1.93 bits per heavy atom. The fourth-order valence-electron chi connectivity index (χ4n) is 1.33. The number of carbonyl (C=O) groups is 2. The molecule has 0 N–H and O–H groups in total. The van der Waals surface area contributed by atoms with Gasteiger partial charge in [-0.3, -0.25) is 9.59 Å². The van der Waals surface area contributed by atoms with E-state index in [1.165, 1.54) is 17.3 Å². The van der Waals surface area contributed by atoms with Gasteiger partial charge in [-0.25, -0.2) is 0 Å². The van der Waals surface area contributed by atoms with Gasteiger partial charge >= 0.3 is 11.9 Å². The van der Waals surface area contributed by atoms with E-state index >= 15 is 0 Å². The van der Waals surface area contributed by atoms with Crippen LogP contribution in [0.3, 0.4) is 0 Å². The molecule has 78 valence electrons. The second-order valence-corrected chi connectivity index (χ2v) is 4.69. The average Bonchev–Trinajstić information content (AvgIpc) is 2.49. The number of thioether (sulfide) groups is 1. The summed E-state index contributed by atoms with van der Waals surface area (Å²) in [5.41, 5.74) is 1.17. The normalized spacial score (nSPS) is 20.5. The lowest BCUT2D eigenvalue weighted by Gasteiger charge is -2.04. The third kappa shape index (κ3) is 2.39. The van der Waals surface area contributed by atoms with Gasteiger partial charge in [-0.1, -0.05) is 17.7 Å². The number of cyclic esters (lactones) is 2. The molecule has 0 bridgehead atoms. The van der Waals surface area contributed by atoms with Gasteiger partial charge in [-0.05, 0) is 19.1 Å². The molecular weight excluding hydrogens is 212 g/mol. The fraction of sp³-hybridized carbons (Fsp3) is 0.273. The average molecular weight is 222 g/mol. The van der Waals surface area contributed by atoms with Gasteiger partial charge in [0.25, 0.3) is 0 Å². The Balaban J connectivity index is 2.06. The van der Waals surface area contributed by atoms with Crippen LogP contribution in [-0.4, -0.2) is 17.2 Å². The van der Waals surface area contributed by atoms with E-state index in [1.54, 1.807) is 0 Å². The third-order valence-electron chi connectivity index (χ3n) is 2.13. The molecule has 1 atom stereocenters. The number of hydrogen-bond donors (Lipinski definition) is 0. The lowest BCUT2D eigenvalue weighted by atomic mass is 10.2. The zero-order valence-electron chi connectivity index (χ0n) is 8.23. The zero-order chi connectivity index (χ0) is 10.8. The highest BCUT2D eigenvalue weighted by molar-refractivity contribution is 8.00. The molecule has 1 fully saturated rings. The largest absolute Gasteiger partial charge is 0.392 e. The SMILES string of the molecule is Cc1ccc(S[C@@H]2CC(=O)OC2=O)cc1. The first kappa shape index (κ1) is 10.2. The van der Waals surface area contributed by atoms with Crippen molar-refractivity contribution in [2.45, 2.75) is 23.5 Å². The van der Waals surface area contributed by atoms with Crippen LogP contribution in [0.15, 0.2) is 29.2 Å². The maximum absolute atomic E-state index is 11.2. The molecule has 0 saturated carbocycles. The van der Waals surface area contributed by atoms with Crippen molar-refractivity contribution in [2.75, 3.05) is 0 Å². The van der Waals surface area contributed by atoms with E-state index in [2.05, 4.69) is 4.74 Å². The van der Waals surface area contributed by atoms with Crippen LogP contribution >= 0.6 is 11.8 Å². The highest BCUT2D eigenvalue weighted by atomic mass is 32.2. The monoisotopic (exact) mass is 222 g/mol. The quantitative estimate of drug-likeness (QED) is 0.566. The van der Waals surface area contributed by atoms with Crippen molar-refractivity contribution in [3.63, 3.8) is 0 Å². The summed E-state index contributed by atoms with van der Waals surface area (Å²) in [6, 6.07) is 7.83. The molecule has 0 spiro atoms. The van der Waals surface area contributed by atoms with E-state index in [0.717, 1.165) is 4.90 Å². The molecule has 0 aliphatic carbocycles. The van der Waals surface area contributed by atoms with Crippen LogP contribution in [-0.2, 0) is 14.3 Å². The lowest BCUT2D eigenvalue weighted by Crippen LogP contribution is -2.08. The summed E-state index contributed by atoms with van der Waals surface area (Å²) in [5.74, 6) is -0.852. The highest BCUT2D eigenvalue weighted by Gasteiger charge is 2.34. The Morgan fingerprint density at radius 1 is 1.27 bits per heavy atom. The minimum absolute atomic E-state index is 0.178. The summed E-state index contributed by atoms with van der Waals surface area (Å²) in [7, 11) is 0. The van der Waals surface area contributed by atoms with Crippen molar-refractivity contribution in [1.29, 1.82) is 0 Å². The number of carbonyl (C=O) groups excluding carboxylic acids is 2. The van der Waals surface area contributed by atoms with Gasteiger partial charge < -0.3 is 4.74 Å². The number of rotatable bonds is 2. The second-order valence-electron chi connectivity index (χ2n) is 3.42. The predicted molar refractivity (Wildman–Crippen MR) is 56.5 cm³/mol. The van der Waals surface area contributed by atoms with Crippen LogP contribution in [0.2, 0.25) is 0 Å². The molecule has 1 aromatic carbocycles. The van der Waals surface area contributed by atoms with Gasteiger partial charge in [-0.15, -0.1) is 11.8 Å². The molecule has 1 aliphatic rings. The Labute approximate surface area is 91.8 Å². The van der Waals surface area contributed by atoms with Crippen LogP contribution in [0.5, 0.6) is 0 Å². The Kier molecular flexibility index (Phi) is 2.77. The summed E-state index contributed by atoms with van der Waals surface area (Å²) >= 11 is 1.38. The van der Waals surface area contributed by atoms with Gasteiger partial charge in [0.05, 0.1) is 6.42 Å². The second kappa shape index (κ2) is 4.06.